The van der Waals surface area contributed by atoms with E-state index in [1.54, 1.807) is 13.0 Å². The normalized spacial score (nSPS) is 20.9. The van der Waals surface area contributed by atoms with E-state index in [0.717, 1.165) is 36.6 Å². The number of amides is 2. The van der Waals surface area contributed by atoms with Gasteiger partial charge in [-0.05, 0) is 37.8 Å². The van der Waals surface area contributed by atoms with Gasteiger partial charge in [0.15, 0.2) is 0 Å². The van der Waals surface area contributed by atoms with E-state index in [-0.39, 0.29) is 23.9 Å². The van der Waals surface area contributed by atoms with E-state index in [0.29, 0.717) is 32.0 Å². The predicted octanol–water partition coefficient (Wildman–Crippen LogP) is 2.87. The van der Waals surface area contributed by atoms with Crippen LogP contribution in [0.25, 0.3) is 10.9 Å². The zero-order chi connectivity index (χ0) is 19.5. The highest BCUT2D eigenvalue weighted by Crippen LogP contribution is 2.24. The molecule has 1 atom stereocenters. The molecule has 0 saturated carbocycles. The topological polar surface area (TPSA) is 62.7 Å². The molecule has 6 heteroatoms. The molecule has 0 spiro atoms. The molecular formula is C22H27N3O3. The molecule has 2 aliphatic rings. The Morgan fingerprint density at radius 2 is 1.86 bits per heavy atom. The van der Waals surface area contributed by atoms with Crippen LogP contribution < -0.4 is 0 Å². The fourth-order valence-corrected chi connectivity index (χ4v) is 4.49. The van der Waals surface area contributed by atoms with Crippen LogP contribution in [0.2, 0.25) is 0 Å². The van der Waals surface area contributed by atoms with E-state index in [1.807, 2.05) is 40.1 Å². The van der Waals surface area contributed by atoms with Crippen molar-refractivity contribution >= 4 is 22.7 Å². The molecule has 3 heterocycles. The first-order valence-electron chi connectivity index (χ1n) is 10.1. The number of likely N-dealkylation sites (tertiary alicyclic amines) is 1. The summed E-state index contributed by atoms with van der Waals surface area (Å²) in [7, 11) is 0. The highest BCUT2D eigenvalue weighted by atomic mass is 16.5. The smallest absolute Gasteiger partial charge is 0.272 e. The van der Waals surface area contributed by atoms with E-state index < -0.39 is 0 Å². The van der Waals surface area contributed by atoms with Gasteiger partial charge in [-0.25, -0.2) is 4.98 Å². The maximum Gasteiger partial charge on any atom is 0.272 e. The van der Waals surface area contributed by atoms with E-state index in [4.69, 9.17) is 4.74 Å². The number of piperidine rings is 1. The molecule has 1 unspecified atom stereocenters. The van der Waals surface area contributed by atoms with Gasteiger partial charge in [-0.3, -0.25) is 9.59 Å². The highest BCUT2D eigenvalue weighted by Gasteiger charge is 2.34. The Morgan fingerprint density at radius 3 is 2.64 bits per heavy atom. The molecule has 2 amide bonds. The summed E-state index contributed by atoms with van der Waals surface area (Å²) in [5.41, 5.74) is 1.30. The molecule has 0 bridgehead atoms. The Labute approximate surface area is 165 Å². The second-order valence-electron chi connectivity index (χ2n) is 7.71. The van der Waals surface area contributed by atoms with Crippen LogP contribution in [0.15, 0.2) is 36.4 Å². The lowest BCUT2D eigenvalue weighted by Crippen LogP contribution is -2.55. The fourth-order valence-electron chi connectivity index (χ4n) is 4.49. The van der Waals surface area contributed by atoms with Crippen molar-refractivity contribution in [2.45, 2.75) is 44.7 Å². The van der Waals surface area contributed by atoms with Gasteiger partial charge >= 0.3 is 0 Å². The van der Waals surface area contributed by atoms with Gasteiger partial charge in [0.2, 0.25) is 5.91 Å². The van der Waals surface area contributed by atoms with Crippen LogP contribution in [0.4, 0.5) is 0 Å². The SMILES string of the molecule is CC(=O)N(C1CCOCC1)C1CCCN(C(=O)c2ccc3ccccc3n2)C1. The Hall–Kier alpha value is -2.47. The fraction of sp³-hybridized carbons (Fsp3) is 0.500. The summed E-state index contributed by atoms with van der Waals surface area (Å²) in [6, 6.07) is 11.8. The third-order valence-electron chi connectivity index (χ3n) is 5.84. The first-order valence-corrected chi connectivity index (χ1v) is 10.1. The summed E-state index contributed by atoms with van der Waals surface area (Å²) >= 11 is 0. The van der Waals surface area contributed by atoms with E-state index >= 15 is 0 Å². The van der Waals surface area contributed by atoms with Crippen molar-refractivity contribution in [3.63, 3.8) is 0 Å². The van der Waals surface area contributed by atoms with Crippen LogP contribution in [0.3, 0.4) is 0 Å². The monoisotopic (exact) mass is 381 g/mol. The molecule has 0 radical (unpaired) electrons. The lowest BCUT2D eigenvalue weighted by Gasteiger charge is -2.43. The zero-order valence-corrected chi connectivity index (χ0v) is 16.3. The molecule has 4 rings (SSSR count). The average Bonchev–Trinajstić information content (AvgIpc) is 2.74. The molecule has 2 saturated heterocycles. The molecule has 28 heavy (non-hydrogen) atoms. The second-order valence-corrected chi connectivity index (χ2v) is 7.71. The second kappa shape index (κ2) is 8.27. The predicted molar refractivity (Wildman–Crippen MR) is 107 cm³/mol. The molecule has 2 aliphatic heterocycles. The standard InChI is InChI=1S/C22H27N3O3/c1-16(26)25(18-10-13-28-14-11-18)19-6-4-12-24(15-19)22(27)21-9-8-17-5-2-3-7-20(17)23-21/h2-3,5,7-9,18-19H,4,6,10-15H2,1H3. The number of hydrogen-bond donors (Lipinski definition) is 0. The number of carbonyl (C=O) groups is 2. The minimum atomic E-state index is -0.0501. The number of fused-ring (bicyclic) bond motifs is 1. The number of rotatable bonds is 3. The minimum Gasteiger partial charge on any atom is -0.381 e. The number of nitrogens with zero attached hydrogens (tertiary/aromatic N) is 3. The number of hydrogen-bond acceptors (Lipinski definition) is 4. The Kier molecular flexibility index (Phi) is 5.57. The number of carbonyl (C=O) groups excluding carboxylic acids is 2. The average molecular weight is 381 g/mol. The number of pyridine rings is 1. The molecule has 1 aromatic carbocycles. The third kappa shape index (κ3) is 3.87. The molecule has 148 valence electrons. The van der Waals surface area contributed by atoms with Crippen molar-refractivity contribution in [3.8, 4) is 0 Å². The Balaban J connectivity index is 1.51. The van der Waals surface area contributed by atoms with Gasteiger partial charge in [0, 0.05) is 50.7 Å². The van der Waals surface area contributed by atoms with Crippen LogP contribution in [-0.4, -0.2) is 65.0 Å². The number of benzene rings is 1. The highest BCUT2D eigenvalue weighted by molar-refractivity contribution is 5.95. The van der Waals surface area contributed by atoms with Crippen LogP contribution in [-0.2, 0) is 9.53 Å². The molecular weight excluding hydrogens is 354 g/mol. The Bertz CT molecular complexity index is 863. The van der Waals surface area contributed by atoms with Crippen molar-refractivity contribution in [1.82, 2.24) is 14.8 Å². The quantitative estimate of drug-likeness (QED) is 0.820. The van der Waals surface area contributed by atoms with Crippen LogP contribution in [0.5, 0.6) is 0 Å². The van der Waals surface area contributed by atoms with Gasteiger partial charge in [0.05, 0.1) is 5.52 Å². The summed E-state index contributed by atoms with van der Waals surface area (Å²) in [5.74, 6) is 0.0426. The molecule has 1 aromatic heterocycles. The lowest BCUT2D eigenvalue weighted by molar-refractivity contribution is -0.137. The molecule has 0 aliphatic carbocycles. The van der Waals surface area contributed by atoms with Gasteiger partial charge in [-0.2, -0.15) is 0 Å². The van der Waals surface area contributed by atoms with Crippen LogP contribution in [0.1, 0.15) is 43.1 Å². The molecule has 2 aromatic rings. The minimum absolute atomic E-state index is 0.0501. The Morgan fingerprint density at radius 1 is 1.07 bits per heavy atom. The van der Waals surface area contributed by atoms with Gasteiger partial charge in [0.1, 0.15) is 5.69 Å². The van der Waals surface area contributed by atoms with Crippen molar-refractivity contribution < 1.29 is 14.3 Å². The van der Waals surface area contributed by atoms with E-state index in [9.17, 15) is 9.59 Å². The lowest BCUT2D eigenvalue weighted by atomic mass is 9.98. The number of ether oxygens (including phenoxy) is 1. The summed E-state index contributed by atoms with van der Waals surface area (Å²) in [6.07, 6.45) is 3.58. The summed E-state index contributed by atoms with van der Waals surface area (Å²) in [5, 5.41) is 1.03. The largest absolute Gasteiger partial charge is 0.381 e. The van der Waals surface area contributed by atoms with Crippen molar-refractivity contribution in [3.05, 3.63) is 42.1 Å². The summed E-state index contributed by atoms with van der Waals surface area (Å²) in [4.78, 5) is 33.9. The summed E-state index contributed by atoms with van der Waals surface area (Å²) in [6.45, 7) is 4.32. The van der Waals surface area contributed by atoms with Crippen molar-refractivity contribution in [2.24, 2.45) is 0 Å². The van der Waals surface area contributed by atoms with Crippen molar-refractivity contribution in [2.75, 3.05) is 26.3 Å². The van der Waals surface area contributed by atoms with E-state index in [2.05, 4.69) is 4.98 Å². The summed E-state index contributed by atoms with van der Waals surface area (Å²) < 4.78 is 5.46. The van der Waals surface area contributed by atoms with E-state index in [1.165, 1.54) is 0 Å². The molecule has 6 nitrogen and oxygen atoms in total. The van der Waals surface area contributed by atoms with Crippen LogP contribution in [0, 0.1) is 0 Å². The van der Waals surface area contributed by atoms with Gasteiger partial charge in [0.25, 0.3) is 5.91 Å². The maximum absolute atomic E-state index is 13.1. The first-order chi connectivity index (χ1) is 13.6. The zero-order valence-electron chi connectivity index (χ0n) is 16.3. The van der Waals surface area contributed by atoms with Gasteiger partial charge < -0.3 is 14.5 Å². The molecule has 0 N–H and O–H groups in total. The van der Waals surface area contributed by atoms with Crippen LogP contribution >= 0.6 is 0 Å². The third-order valence-corrected chi connectivity index (χ3v) is 5.84. The number of aromatic nitrogens is 1. The first kappa shape index (κ1) is 18.9. The van der Waals surface area contributed by atoms with Gasteiger partial charge in [-0.1, -0.05) is 24.3 Å². The maximum atomic E-state index is 13.1. The number of para-hydroxylation sites is 1. The van der Waals surface area contributed by atoms with Gasteiger partial charge in [-0.15, -0.1) is 0 Å². The van der Waals surface area contributed by atoms with Crippen molar-refractivity contribution in [1.29, 1.82) is 0 Å². The molecule has 2 fully saturated rings.